The van der Waals surface area contributed by atoms with Crippen molar-refractivity contribution in [2.24, 2.45) is 0 Å². The van der Waals surface area contributed by atoms with Crippen LogP contribution in [-0.2, 0) is 6.42 Å². The normalized spacial score (nSPS) is 12.4. The molecule has 0 aromatic heterocycles. The minimum atomic E-state index is -0.221. The van der Waals surface area contributed by atoms with Gasteiger partial charge in [-0.25, -0.2) is 4.39 Å². The average Bonchev–Trinajstić information content (AvgIpc) is 2.44. The van der Waals surface area contributed by atoms with Gasteiger partial charge in [0, 0.05) is 17.5 Å². The van der Waals surface area contributed by atoms with E-state index in [0.29, 0.717) is 4.47 Å². The third-order valence-corrected chi connectivity index (χ3v) is 4.43. The second-order valence-corrected chi connectivity index (χ2v) is 5.95. The molecule has 2 rings (SSSR count). The lowest BCUT2D eigenvalue weighted by atomic mass is 9.92. The predicted octanol–water partition coefficient (Wildman–Crippen LogP) is 4.79. The second-order valence-electron chi connectivity index (χ2n) is 4.72. The molecule has 1 atom stereocenters. The molecule has 1 nitrogen and oxygen atoms in total. The number of benzene rings is 2. The van der Waals surface area contributed by atoms with Crippen molar-refractivity contribution in [1.29, 1.82) is 0 Å². The zero-order valence-corrected chi connectivity index (χ0v) is 13.5. The molecule has 0 aliphatic carbocycles. The Kier molecular flexibility index (Phi) is 5.58. The van der Waals surface area contributed by atoms with Gasteiger partial charge in [-0.2, -0.15) is 0 Å². The van der Waals surface area contributed by atoms with Gasteiger partial charge in [0.2, 0.25) is 0 Å². The number of likely N-dealkylation sites (N-methyl/N-ethyl adjacent to an activating group) is 1. The lowest BCUT2D eigenvalue weighted by Gasteiger charge is -2.18. The summed E-state index contributed by atoms with van der Waals surface area (Å²) < 4.78 is 14.1. The van der Waals surface area contributed by atoms with E-state index in [9.17, 15) is 4.39 Å². The summed E-state index contributed by atoms with van der Waals surface area (Å²) >= 11 is 9.25. The van der Waals surface area contributed by atoms with Crippen molar-refractivity contribution in [1.82, 2.24) is 5.32 Å². The van der Waals surface area contributed by atoms with Crippen LogP contribution in [0.3, 0.4) is 0 Å². The van der Waals surface area contributed by atoms with Crippen LogP contribution in [0, 0.1) is 5.82 Å². The highest BCUT2D eigenvalue weighted by Gasteiger charge is 2.14. The number of hydrogen-bond donors (Lipinski definition) is 1. The molecule has 0 bridgehead atoms. The molecule has 0 aliphatic heterocycles. The van der Waals surface area contributed by atoms with Crippen molar-refractivity contribution in [3.05, 3.63) is 68.9 Å². The molecule has 2 aromatic carbocycles. The van der Waals surface area contributed by atoms with Crippen molar-refractivity contribution < 1.29 is 4.39 Å². The average molecular weight is 357 g/mol. The Morgan fingerprint density at radius 2 is 1.90 bits per heavy atom. The van der Waals surface area contributed by atoms with Crippen molar-refractivity contribution in [3.63, 3.8) is 0 Å². The van der Waals surface area contributed by atoms with Crippen LogP contribution in [0.5, 0.6) is 0 Å². The molecule has 106 valence electrons. The summed E-state index contributed by atoms with van der Waals surface area (Å²) in [6, 6.07) is 13.0. The Bertz CT molecular complexity index is 571. The molecule has 1 N–H and O–H groups in total. The molecular weight excluding hydrogens is 341 g/mol. The van der Waals surface area contributed by atoms with Gasteiger partial charge in [0.05, 0.1) is 4.47 Å². The fraction of sp³-hybridized carbons (Fsp3) is 0.250. The number of rotatable bonds is 5. The number of halogens is 3. The van der Waals surface area contributed by atoms with E-state index in [1.807, 2.05) is 37.4 Å². The fourth-order valence-corrected chi connectivity index (χ4v) is 2.81. The fourth-order valence-electron chi connectivity index (χ4n) is 2.26. The van der Waals surface area contributed by atoms with Gasteiger partial charge >= 0.3 is 0 Å². The quantitative estimate of drug-likeness (QED) is 0.812. The SMILES string of the molecule is CNCC(Cc1cccc(F)c1Br)c1ccc(Cl)cc1. The summed E-state index contributed by atoms with van der Waals surface area (Å²) in [6.07, 6.45) is 0.765. The molecule has 20 heavy (non-hydrogen) atoms. The first kappa shape index (κ1) is 15.5. The minimum Gasteiger partial charge on any atom is -0.319 e. The lowest BCUT2D eigenvalue weighted by molar-refractivity contribution is 0.602. The summed E-state index contributed by atoms with van der Waals surface area (Å²) in [5.41, 5.74) is 2.17. The van der Waals surface area contributed by atoms with E-state index in [-0.39, 0.29) is 11.7 Å². The lowest BCUT2D eigenvalue weighted by Crippen LogP contribution is -2.19. The van der Waals surface area contributed by atoms with Crippen LogP contribution < -0.4 is 5.32 Å². The first-order valence-corrected chi connectivity index (χ1v) is 7.62. The molecule has 0 fully saturated rings. The maximum atomic E-state index is 13.6. The van der Waals surface area contributed by atoms with E-state index < -0.39 is 0 Å². The summed E-state index contributed by atoms with van der Waals surface area (Å²) in [5, 5.41) is 3.92. The molecular formula is C16H16BrClFN. The van der Waals surface area contributed by atoms with Gasteiger partial charge in [0.15, 0.2) is 0 Å². The Balaban J connectivity index is 2.25. The van der Waals surface area contributed by atoms with Crippen LogP contribution in [0.15, 0.2) is 46.9 Å². The monoisotopic (exact) mass is 355 g/mol. The first-order chi connectivity index (χ1) is 9.61. The zero-order valence-electron chi connectivity index (χ0n) is 11.2. The standard InChI is InChI=1S/C16H16BrClFN/c1-20-10-13(11-5-7-14(18)8-6-11)9-12-3-2-4-15(19)16(12)17/h2-8,13,20H,9-10H2,1H3. The van der Waals surface area contributed by atoms with E-state index in [2.05, 4.69) is 21.2 Å². The molecule has 0 aliphatic rings. The Morgan fingerprint density at radius 3 is 2.55 bits per heavy atom. The highest BCUT2D eigenvalue weighted by Crippen LogP contribution is 2.27. The summed E-state index contributed by atoms with van der Waals surface area (Å²) in [7, 11) is 1.92. The zero-order chi connectivity index (χ0) is 14.5. The number of nitrogens with one attached hydrogen (secondary N) is 1. The minimum absolute atomic E-state index is 0.221. The molecule has 0 saturated heterocycles. The molecule has 0 amide bonds. The van der Waals surface area contributed by atoms with Crippen LogP contribution in [0.1, 0.15) is 17.0 Å². The van der Waals surface area contributed by atoms with Gasteiger partial charge in [0.25, 0.3) is 0 Å². The molecule has 4 heteroatoms. The third-order valence-electron chi connectivity index (χ3n) is 3.29. The maximum absolute atomic E-state index is 13.6. The Labute approximate surface area is 132 Å². The summed E-state index contributed by atoms with van der Waals surface area (Å²) in [4.78, 5) is 0. The van der Waals surface area contributed by atoms with Gasteiger partial charge in [-0.3, -0.25) is 0 Å². The van der Waals surface area contributed by atoms with Crippen molar-refractivity contribution in [2.75, 3.05) is 13.6 Å². The van der Waals surface area contributed by atoms with Crippen molar-refractivity contribution in [2.45, 2.75) is 12.3 Å². The predicted molar refractivity (Wildman–Crippen MR) is 85.9 cm³/mol. The molecule has 2 aromatic rings. The summed E-state index contributed by atoms with van der Waals surface area (Å²) in [6.45, 7) is 0.824. The second kappa shape index (κ2) is 7.21. The van der Waals surface area contributed by atoms with E-state index in [0.717, 1.165) is 23.6 Å². The van der Waals surface area contributed by atoms with Crippen LogP contribution in [0.25, 0.3) is 0 Å². The third kappa shape index (κ3) is 3.81. The van der Waals surface area contributed by atoms with Crippen LogP contribution in [-0.4, -0.2) is 13.6 Å². The largest absolute Gasteiger partial charge is 0.319 e. The smallest absolute Gasteiger partial charge is 0.137 e. The van der Waals surface area contributed by atoms with E-state index in [4.69, 9.17) is 11.6 Å². The molecule has 0 saturated carbocycles. The molecule has 0 heterocycles. The van der Waals surface area contributed by atoms with Gasteiger partial charge < -0.3 is 5.32 Å². The molecule has 0 radical (unpaired) electrons. The number of hydrogen-bond acceptors (Lipinski definition) is 1. The van der Waals surface area contributed by atoms with Gasteiger partial charge in [0.1, 0.15) is 5.82 Å². The van der Waals surface area contributed by atoms with Crippen LogP contribution >= 0.6 is 27.5 Å². The highest BCUT2D eigenvalue weighted by atomic mass is 79.9. The van der Waals surface area contributed by atoms with E-state index >= 15 is 0 Å². The van der Waals surface area contributed by atoms with Crippen molar-refractivity contribution in [3.8, 4) is 0 Å². The van der Waals surface area contributed by atoms with Gasteiger partial charge in [-0.1, -0.05) is 35.9 Å². The molecule has 0 spiro atoms. The Hall–Kier alpha value is -0.900. The summed E-state index contributed by atoms with van der Waals surface area (Å²) in [5.74, 6) is 0.0529. The maximum Gasteiger partial charge on any atom is 0.137 e. The molecule has 1 unspecified atom stereocenters. The van der Waals surface area contributed by atoms with Crippen LogP contribution in [0.2, 0.25) is 5.02 Å². The first-order valence-electron chi connectivity index (χ1n) is 6.44. The van der Waals surface area contributed by atoms with Gasteiger partial charge in [-0.05, 0) is 58.7 Å². The Morgan fingerprint density at radius 1 is 1.20 bits per heavy atom. The van der Waals surface area contributed by atoms with Crippen LogP contribution in [0.4, 0.5) is 4.39 Å². The van der Waals surface area contributed by atoms with Gasteiger partial charge in [-0.15, -0.1) is 0 Å². The topological polar surface area (TPSA) is 12.0 Å². The van der Waals surface area contributed by atoms with E-state index in [1.165, 1.54) is 11.6 Å². The highest BCUT2D eigenvalue weighted by molar-refractivity contribution is 9.10. The van der Waals surface area contributed by atoms with Crippen molar-refractivity contribution >= 4 is 27.5 Å². The van der Waals surface area contributed by atoms with E-state index in [1.54, 1.807) is 6.07 Å².